The number of thiazole rings is 2. The molecule has 0 amide bonds. The molecule has 0 aliphatic carbocycles. The highest BCUT2D eigenvalue weighted by Crippen LogP contribution is 2.32. The van der Waals surface area contributed by atoms with Gasteiger partial charge in [-0.3, -0.25) is 4.72 Å². The zero-order valence-corrected chi connectivity index (χ0v) is 22.6. The Bertz CT molecular complexity index is 2130. The van der Waals surface area contributed by atoms with Gasteiger partial charge >= 0.3 is 0 Å². The lowest BCUT2D eigenvalue weighted by Gasteiger charge is -2.07. The predicted molar refractivity (Wildman–Crippen MR) is 157 cm³/mol. The van der Waals surface area contributed by atoms with Gasteiger partial charge in [0.1, 0.15) is 10.6 Å². The molecule has 0 bridgehead atoms. The van der Waals surface area contributed by atoms with Gasteiger partial charge in [0.25, 0.3) is 10.0 Å². The molecule has 0 aliphatic rings. The van der Waals surface area contributed by atoms with E-state index in [1.54, 1.807) is 35.0 Å². The maximum absolute atomic E-state index is 12.7. The van der Waals surface area contributed by atoms with Crippen LogP contribution in [0, 0.1) is 0 Å². The molecule has 0 spiro atoms. The molecule has 7 rings (SSSR count). The highest BCUT2D eigenvalue weighted by atomic mass is 32.2. The Kier molecular flexibility index (Phi) is 5.73. The summed E-state index contributed by atoms with van der Waals surface area (Å²) in [6, 6.07) is 28.5. The summed E-state index contributed by atoms with van der Waals surface area (Å²) in [5.74, 6) is 0. The largest absolute Gasteiger partial charge is 0.438 e. The fourth-order valence-electron chi connectivity index (χ4n) is 4.37. The summed E-state index contributed by atoms with van der Waals surface area (Å²) in [6.45, 7) is 0. The van der Waals surface area contributed by atoms with Crippen molar-refractivity contribution >= 4 is 75.5 Å². The number of anilines is 1. The minimum absolute atomic E-state index is 0.116. The van der Waals surface area contributed by atoms with E-state index < -0.39 is 10.0 Å². The first-order valence-corrected chi connectivity index (χ1v) is 15.1. The number of hydrogen-bond acceptors (Lipinski definition) is 8. The quantitative estimate of drug-likeness (QED) is 0.220. The van der Waals surface area contributed by atoms with Crippen LogP contribution in [0.4, 0.5) is 10.8 Å². The minimum atomic E-state index is -3.76. The van der Waals surface area contributed by atoms with Gasteiger partial charge in [-0.15, -0.1) is 22.7 Å². The third-order valence-electron chi connectivity index (χ3n) is 6.21. The highest BCUT2D eigenvalue weighted by molar-refractivity contribution is 7.93. The van der Waals surface area contributed by atoms with E-state index in [-0.39, 0.29) is 4.90 Å². The second kappa shape index (κ2) is 9.42. The summed E-state index contributed by atoms with van der Waals surface area (Å²) < 4.78 is 35.4. The van der Waals surface area contributed by atoms with Crippen LogP contribution in [0.15, 0.2) is 117 Å². The highest BCUT2D eigenvalue weighted by Gasteiger charge is 2.16. The molecule has 0 atom stereocenters. The van der Waals surface area contributed by atoms with Crippen molar-refractivity contribution in [3.05, 3.63) is 108 Å². The van der Waals surface area contributed by atoms with Crippen LogP contribution in [-0.2, 0) is 10.0 Å². The van der Waals surface area contributed by atoms with E-state index in [9.17, 15) is 8.42 Å². The van der Waals surface area contributed by atoms with E-state index in [0.717, 1.165) is 36.9 Å². The van der Waals surface area contributed by atoms with E-state index in [1.165, 1.54) is 23.5 Å². The molecule has 1 N–H and O–H groups in total. The second-order valence-corrected chi connectivity index (χ2v) is 12.3. The van der Waals surface area contributed by atoms with Crippen LogP contribution in [0.25, 0.3) is 42.5 Å². The first-order chi connectivity index (χ1) is 19.0. The van der Waals surface area contributed by atoms with Gasteiger partial charge in [0.05, 0.1) is 26.4 Å². The van der Waals surface area contributed by atoms with Gasteiger partial charge in [-0.25, -0.2) is 23.4 Å². The summed E-state index contributed by atoms with van der Waals surface area (Å²) >= 11 is 2.79. The summed E-state index contributed by atoms with van der Waals surface area (Å²) in [5.41, 5.74) is 3.32. The van der Waals surface area contributed by atoms with Crippen molar-refractivity contribution in [2.75, 3.05) is 4.72 Å². The second-order valence-electron chi connectivity index (χ2n) is 8.70. The summed E-state index contributed by atoms with van der Waals surface area (Å²) in [6.07, 6.45) is 1.55. The third kappa shape index (κ3) is 4.48. The fourth-order valence-corrected chi connectivity index (χ4v) is 7.13. The maximum atomic E-state index is 12.7. The minimum Gasteiger partial charge on any atom is -0.438 e. The molecule has 190 valence electrons. The Morgan fingerprint density at radius 1 is 0.872 bits per heavy atom. The molecule has 0 aliphatic heterocycles. The van der Waals surface area contributed by atoms with Crippen molar-refractivity contribution in [3.63, 3.8) is 0 Å². The van der Waals surface area contributed by atoms with Crippen LogP contribution in [0.5, 0.6) is 0 Å². The standard InChI is InChI=1S/C29H18N4O3S3/c34-39(35,33-29-30-15-16-37-29)20-12-10-19(11-13-20)31-27-23(28-32-24-7-3-4-8-26(24)38-28)17-22-21-6-2-1-5-18(21)9-14-25(22)36-27/h1-17H,(H,30,33). The molecule has 3 heterocycles. The van der Waals surface area contributed by atoms with Gasteiger partial charge in [-0.2, -0.15) is 0 Å². The number of para-hydroxylation sites is 1. The fraction of sp³-hybridized carbons (Fsp3) is 0. The molecule has 0 fully saturated rings. The van der Waals surface area contributed by atoms with Gasteiger partial charge < -0.3 is 4.42 Å². The maximum Gasteiger partial charge on any atom is 0.263 e. The zero-order chi connectivity index (χ0) is 26.4. The number of rotatable bonds is 5. The summed E-state index contributed by atoms with van der Waals surface area (Å²) in [4.78, 5) is 13.8. The molecule has 3 aromatic heterocycles. The first-order valence-electron chi connectivity index (χ1n) is 11.9. The van der Waals surface area contributed by atoms with Gasteiger partial charge in [0, 0.05) is 17.0 Å². The average molecular weight is 567 g/mol. The van der Waals surface area contributed by atoms with Crippen LogP contribution in [0.1, 0.15) is 0 Å². The lowest BCUT2D eigenvalue weighted by atomic mass is 10.0. The molecule has 7 nitrogen and oxygen atoms in total. The molecule has 4 aromatic carbocycles. The van der Waals surface area contributed by atoms with Crippen LogP contribution in [0.3, 0.4) is 0 Å². The number of aromatic nitrogens is 2. The molecular formula is C29H18N4O3S3. The summed E-state index contributed by atoms with van der Waals surface area (Å²) in [5, 5.41) is 5.97. The predicted octanol–water partition coefficient (Wildman–Crippen LogP) is 7.35. The van der Waals surface area contributed by atoms with Crippen molar-refractivity contribution in [2.45, 2.75) is 4.90 Å². The van der Waals surface area contributed by atoms with E-state index in [0.29, 0.717) is 22.0 Å². The van der Waals surface area contributed by atoms with Crippen molar-refractivity contribution in [1.29, 1.82) is 0 Å². The van der Waals surface area contributed by atoms with Gasteiger partial charge in [-0.05, 0) is 59.3 Å². The molecule has 7 aromatic rings. The number of nitrogens with one attached hydrogen (secondary N) is 1. The Morgan fingerprint density at radius 2 is 1.69 bits per heavy atom. The van der Waals surface area contributed by atoms with Gasteiger partial charge in [-0.1, -0.05) is 42.5 Å². The number of fused-ring (bicyclic) bond motifs is 4. The van der Waals surface area contributed by atoms with Crippen LogP contribution >= 0.6 is 22.7 Å². The number of nitrogens with zero attached hydrogens (tertiary/aromatic N) is 3. The topological polar surface area (TPSA) is 97.5 Å². The summed E-state index contributed by atoms with van der Waals surface area (Å²) in [7, 11) is -3.76. The Balaban J connectivity index is 1.38. The first kappa shape index (κ1) is 23.7. The lowest BCUT2D eigenvalue weighted by Crippen LogP contribution is -2.12. The monoisotopic (exact) mass is 566 g/mol. The van der Waals surface area contributed by atoms with Crippen molar-refractivity contribution < 1.29 is 12.8 Å². The van der Waals surface area contributed by atoms with Gasteiger partial charge in [0.2, 0.25) is 5.55 Å². The van der Waals surface area contributed by atoms with Crippen LogP contribution < -0.4 is 10.3 Å². The van der Waals surface area contributed by atoms with E-state index in [1.807, 2.05) is 48.5 Å². The van der Waals surface area contributed by atoms with Crippen molar-refractivity contribution in [2.24, 2.45) is 4.99 Å². The number of benzene rings is 4. The Hall–Kier alpha value is -4.38. The van der Waals surface area contributed by atoms with Gasteiger partial charge in [0.15, 0.2) is 5.13 Å². The molecule has 10 heteroatoms. The van der Waals surface area contributed by atoms with E-state index in [4.69, 9.17) is 14.4 Å². The van der Waals surface area contributed by atoms with Crippen LogP contribution in [-0.4, -0.2) is 18.4 Å². The number of sulfonamides is 1. The SMILES string of the molecule is O=S(=O)(Nc1nccs1)c1ccc(N=c2oc3ccc4ccccc4c3cc2-c2nc3ccccc3s2)cc1. The van der Waals surface area contributed by atoms with E-state index in [2.05, 4.69) is 27.9 Å². The molecule has 0 saturated heterocycles. The van der Waals surface area contributed by atoms with Crippen LogP contribution in [0.2, 0.25) is 0 Å². The molecular weight excluding hydrogens is 549 g/mol. The normalized spacial score (nSPS) is 12.5. The number of hydrogen-bond donors (Lipinski definition) is 1. The molecule has 39 heavy (non-hydrogen) atoms. The zero-order valence-electron chi connectivity index (χ0n) is 20.1. The van der Waals surface area contributed by atoms with E-state index >= 15 is 0 Å². The lowest BCUT2D eigenvalue weighted by molar-refractivity contribution is 0.548. The Labute approximate surface area is 230 Å². The Morgan fingerprint density at radius 3 is 2.51 bits per heavy atom. The van der Waals surface area contributed by atoms with Crippen molar-refractivity contribution in [1.82, 2.24) is 9.97 Å². The average Bonchev–Trinajstić information content (AvgIpc) is 3.62. The third-order valence-corrected chi connectivity index (χ3v) is 9.45. The molecule has 0 saturated carbocycles. The molecule has 0 radical (unpaired) electrons. The molecule has 0 unspecified atom stereocenters. The smallest absolute Gasteiger partial charge is 0.263 e. The van der Waals surface area contributed by atoms with Crippen molar-refractivity contribution in [3.8, 4) is 10.6 Å².